The molecule has 0 radical (unpaired) electrons. The van der Waals surface area contributed by atoms with Gasteiger partial charge in [0.2, 0.25) is 11.8 Å². The van der Waals surface area contributed by atoms with Crippen LogP contribution in [0.15, 0.2) is 36.7 Å². The van der Waals surface area contributed by atoms with Crippen LogP contribution in [0.1, 0.15) is 12.0 Å². The lowest BCUT2D eigenvalue weighted by atomic mass is 10.1. The number of ether oxygens (including phenoxy) is 1. The molecule has 7 heteroatoms. The SMILES string of the molecule is COc1ccc(N2CC(C(=O)N(C)Cc3cnn(C)c3)CC2=O)cc1. The minimum absolute atomic E-state index is 0.0202. The van der Waals surface area contributed by atoms with Crippen molar-refractivity contribution in [1.82, 2.24) is 14.7 Å². The molecular weight excluding hydrogens is 320 g/mol. The molecule has 1 aromatic heterocycles. The van der Waals surface area contributed by atoms with Gasteiger partial charge in [-0.2, -0.15) is 5.10 Å². The number of carbonyl (C=O) groups excluding carboxylic acids is 2. The highest BCUT2D eigenvalue weighted by Gasteiger charge is 2.36. The molecule has 2 aromatic rings. The summed E-state index contributed by atoms with van der Waals surface area (Å²) in [6.45, 7) is 0.890. The van der Waals surface area contributed by atoms with Crippen molar-refractivity contribution in [3.8, 4) is 5.75 Å². The molecule has 2 amide bonds. The smallest absolute Gasteiger partial charge is 0.228 e. The first kappa shape index (κ1) is 17.0. The van der Waals surface area contributed by atoms with Crippen LogP contribution in [-0.4, -0.2) is 47.2 Å². The van der Waals surface area contributed by atoms with Gasteiger partial charge in [-0.25, -0.2) is 0 Å². The second-order valence-corrected chi connectivity index (χ2v) is 6.32. The Morgan fingerprint density at radius 2 is 2.08 bits per heavy atom. The zero-order valence-electron chi connectivity index (χ0n) is 14.7. The maximum absolute atomic E-state index is 12.7. The molecule has 7 nitrogen and oxygen atoms in total. The highest BCUT2D eigenvalue weighted by Crippen LogP contribution is 2.27. The van der Waals surface area contributed by atoms with Crippen molar-refractivity contribution in [3.63, 3.8) is 0 Å². The number of anilines is 1. The van der Waals surface area contributed by atoms with Crippen molar-refractivity contribution < 1.29 is 14.3 Å². The Morgan fingerprint density at radius 3 is 2.68 bits per heavy atom. The topological polar surface area (TPSA) is 67.7 Å². The van der Waals surface area contributed by atoms with Gasteiger partial charge in [-0.1, -0.05) is 0 Å². The van der Waals surface area contributed by atoms with Gasteiger partial charge in [0.15, 0.2) is 0 Å². The maximum Gasteiger partial charge on any atom is 0.228 e. The van der Waals surface area contributed by atoms with Crippen LogP contribution in [0.5, 0.6) is 5.75 Å². The number of hydrogen-bond acceptors (Lipinski definition) is 4. The Kier molecular flexibility index (Phi) is 4.74. The highest BCUT2D eigenvalue weighted by atomic mass is 16.5. The van der Waals surface area contributed by atoms with Crippen molar-refractivity contribution in [2.75, 3.05) is 25.6 Å². The zero-order valence-corrected chi connectivity index (χ0v) is 14.7. The Morgan fingerprint density at radius 1 is 1.36 bits per heavy atom. The number of carbonyl (C=O) groups is 2. The summed E-state index contributed by atoms with van der Waals surface area (Å²) in [6, 6.07) is 7.30. The molecule has 1 atom stereocenters. The van der Waals surface area contributed by atoms with E-state index < -0.39 is 0 Å². The zero-order chi connectivity index (χ0) is 18.0. The van der Waals surface area contributed by atoms with Crippen LogP contribution >= 0.6 is 0 Å². The quantitative estimate of drug-likeness (QED) is 0.825. The van der Waals surface area contributed by atoms with Crippen LogP contribution in [-0.2, 0) is 23.2 Å². The van der Waals surface area contributed by atoms with E-state index in [-0.39, 0.29) is 24.2 Å². The van der Waals surface area contributed by atoms with Crippen molar-refractivity contribution >= 4 is 17.5 Å². The van der Waals surface area contributed by atoms with Crippen molar-refractivity contribution in [3.05, 3.63) is 42.2 Å². The highest BCUT2D eigenvalue weighted by molar-refractivity contribution is 6.00. The summed E-state index contributed by atoms with van der Waals surface area (Å²) >= 11 is 0. The predicted octanol–water partition coefficient (Wildman–Crippen LogP) is 1.44. The number of amides is 2. The van der Waals surface area contributed by atoms with Gasteiger partial charge in [0.25, 0.3) is 0 Å². The van der Waals surface area contributed by atoms with E-state index in [0.29, 0.717) is 13.1 Å². The fourth-order valence-electron chi connectivity index (χ4n) is 3.10. The Bertz CT molecular complexity index is 769. The van der Waals surface area contributed by atoms with Crippen LogP contribution in [0.4, 0.5) is 5.69 Å². The van der Waals surface area contributed by atoms with Crippen molar-refractivity contribution in [2.24, 2.45) is 13.0 Å². The third kappa shape index (κ3) is 3.65. The Hall–Kier alpha value is -2.83. The fraction of sp³-hybridized carbons (Fsp3) is 0.389. The van der Waals surface area contributed by atoms with Crippen molar-refractivity contribution in [2.45, 2.75) is 13.0 Å². The monoisotopic (exact) mass is 342 g/mol. The molecule has 0 bridgehead atoms. The van der Waals surface area contributed by atoms with E-state index >= 15 is 0 Å². The third-order valence-corrected chi connectivity index (χ3v) is 4.41. The first-order valence-corrected chi connectivity index (χ1v) is 8.15. The van der Waals surface area contributed by atoms with Gasteiger partial charge in [0, 0.05) is 51.1 Å². The summed E-state index contributed by atoms with van der Waals surface area (Å²) in [5, 5.41) is 4.11. The summed E-state index contributed by atoms with van der Waals surface area (Å²) in [7, 11) is 5.20. The summed E-state index contributed by atoms with van der Waals surface area (Å²) in [5.74, 6) is 0.363. The van der Waals surface area contributed by atoms with Crippen LogP contribution in [0.2, 0.25) is 0 Å². The predicted molar refractivity (Wildman–Crippen MR) is 93.1 cm³/mol. The van der Waals surface area contributed by atoms with E-state index in [1.54, 1.807) is 34.8 Å². The number of aryl methyl sites for hydroxylation is 1. The van der Waals surface area contributed by atoms with Gasteiger partial charge in [-0.3, -0.25) is 14.3 Å². The minimum Gasteiger partial charge on any atom is -0.497 e. The minimum atomic E-state index is -0.323. The number of rotatable bonds is 5. The van der Waals surface area contributed by atoms with E-state index in [1.165, 1.54) is 0 Å². The van der Waals surface area contributed by atoms with E-state index in [4.69, 9.17) is 4.74 Å². The van der Waals surface area contributed by atoms with Crippen molar-refractivity contribution in [1.29, 1.82) is 0 Å². The van der Waals surface area contributed by atoms with Gasteiger partial charge in [0.1, 0.15) is 5.75 Å². The summed E-state index contributed by atoms with van der Waals surface area (Å²) in [5.41, 5.74) is 1.76. The molecule has 0 saturated carbocycles. The summed E-state index contributed by atoms with van der Waals surface area (Å²) in [6.07, 6.45) is 3.86. The average Bonchev–Trinajstić information content (AvgIpc) is 3.20. The molecule has 1 unspecified atom stereocenters. The van der Waals surface area contributed by atoms with E-state index in [0.717, 1.165) is 17.0 Å². The van der Waals surface area contributed by atoms with E-state index in [9.17, 15) is 9.59 Å². The first-order chi connectivity index (χ1) is 12.0. The lowest BCUT2D eigenvalue weighted by Gasteiger charge is -2.21. The maximum atomic E-state index is 12.7. The molecule has 0 aliphatic carbocycles. The molecule has 1 fully saturated rings. The molecule has 0 spiro atoms. The molecule has 2 heterocycles. The lowest BCUT2D eigenvalue weighted by molar-refractivity contribution is -0.135. The van der Waals surface area contributed by atoms with E-state index in [2.05, 4.69) is 5.10 Å². The van der Waals surface area contributed by atoms with Gasteiger partial charge >= 0.3 is 0 Å². The number of benzene rings is 1. The molecule has 25 heavy (non-hydrogen) atoms. The number of hydrogen-bond donors (Lipinski definition) is 0. The average molecular weight is 342 g/mol. The summed E-state index contributed by atoms with van der Waals surface area (Å²) < 4.78 is 6.84. The van der Waals surface area contributed by atoms with Gasteiger partial charge in [-0.15, -0.1) is 0 Å². The molecule has 1 aromatic carbocycles. The molecule has 1 saturated heterocycles. The Balaban J connectivity index is 1.65. The summed E-state index contributed by atoms with van der Waals surface area (Å²) in [4.78, 5) is 28.3. The third-order valence-electron chi connectivity index (χ3n) is 4.41. The second-order valence-electron chi connectivity index (χ2n) is 6.32. The normalized spacial score (nSPS) is 17.0. The van der Waals surface area contributed by atoms with Crippen LogP contribution in [0, 0.1) is 5.92 Å². The van der Waals surface area contributed by atoms with Gasteiger partial charge in [0.05, 0.1) is 19.2 Å². The van der Waals surface area contributed by atoms with Crippen LogP contribution in [0.3, 0.4) is 0 Å². The molecule has 1 aliphatic heterocycles. The fourth-order valence-corrected chi connectivity index (χ4v) is 3.10. The molecule has 3 rings (SSSR count). The van der Waals surface area contributed by atoms with Crippen LogP contribution in [0.25, 0.3) is 0 Å². The largest absolute Gasteiger partial charge is 0.497 e. The lowest BCUT2D eigenvalue weighted by Crippen LogP contribution is -2.34. The molecular formula is C18H22N4O3. The van der Waals surface area contributed by atoms with Crippen LogP contribution < -0.4 is 9.64 Å². The molecule has 0 N–H and O–H groups in total. The number of aromatic nitrogens is 2. The Labute approximate surface area is 146 Å². The molecule has 1 aliphatic rings. The molecule has 132 valence electrons. The standard InChI is InChI=1S/C18H22N4O3/c1-20(10-13-9-19-21(2)11-13)18(24)14-8-17(23)22(12-14)15-4-6-16(25-3)7-5-15/h4-7,9,11,14H,8,10,12H2,1-3H3. The number of methoxy groups -OCH3 is 1. The van der Waals surface area contributed by atoms with Gasteiger partial charge in [-0.05, 0) is 24.3 Å². The number of nitrogens with zero attached hydrogens (tertiary/aromatic N) is 4. The first-order valence-electron chi connectivity index (χ1n) is 8.15. The van der Waals surface area contributed by atoms with Gasteiger partial charge < -0.3 is 14.5 Å². The second kappa shape index (κ2) is 6.96. The van der Waals surface area contributed by atoms with E-state index in [1.807, 2.05) is 37.5 Å².